The summed E-state index contributed by atoms with van der Waals surface area (Å²) in [4.78, 5) is 38.3. The van der Waals surface area contributed by atoms with Crippen LogP contribution in [0.2, 0.25) is 0 Å². The van der Waals surface area contributed by atoms with Crippen molar-refractivity contribution in [2.75, 3.05) is 13.2 Å². The molecular weight excluding hydrogens is 532 g/mol. The van der Waals surface area contributed by atoms with Gasteiger partial charge in [-0.15, -0.1) is 0 Å². The van der Waals surface area contributed by atoms with Crippen molar-refractivity contribution in [2.45, 2.75) is 57.3 Å². The van der Waals surface area contributed by atoms with Gasteiger partial charge in [-0.25, -0.2) is 4.79 Å². The summed E-state index contributed by atoms with van der Waals surface area (Å²) in [5, 5.41) is 15.3. The zero-order chi connectivity index (χ0) is 29.5. The van der Waals surface area contributed by atoms with Crippen molar-refractivity contribution in [2.24, 2.45) is 11.8 Å². The van der Waals surface area contributed by atoms with Crippen LogP contribution in [0.5, 0.6) is 0 Å². The molecular formula is C34H38N2O6. The van der Waals surface area contributed by atoms with Crippen molar-refractivity contribution < 1.29 is 29.0 Å². The maximum absolute atomic E-state index is 13.4. The highest BCUT2D eigenvalue weighted by Crippen LogP contribution is 2.44. The van der Waals surface area contributed by atoms with Gasteiger partial charge in [-0.05, 0) is 53.5 Å². The molecule has 5 rings (SSSR count). The summed E-state index contributed by atoms with van der Waals surface area (Å²) in [6, 6.07) is 24.7. The topological polar surface area (TPSA) is 114 Å². The van der Waals surface area contributed by atoms with Crippen molar-refractivity contribution in [3.05, 3.63) is 95.6 Å². The van der Waals surface area contributed by atoms with Crippen LogP contribution >= 0.6 is 0 Å². The van der Waals surface area contributed by atoms with E-state index in [1.54, 1.807) is 6.92 Å². The van der Waals surface area contributed by atoms with Crippen LogP contribution in [0, 0.1) is 11.8 Å². The molecule has 0 radical (unpaired) electrons. The van der Waals surface area contributed by atoms with Crippen LogP contribution < -0.4 is 10.6 Å². The molecule has 2 aliphatic carbocycles. The first kappa shape index (κ1) is 29.3. The monoisotopic (exact) mass is 570 g/mol. The molecule has 2 amide bonds. The zero-order valence-corrected chi connectivity index (χ0v) is 23.8. The van der Waals surface area contributed by atoms with Gasteiger partial charge in [0.05, 0.1) is 18.6 Å². The summed E-state index contributed by atoms with van der Waals surface area (Å²) in [6.07, 6.45) is 1.76. The quantitative estimate of drug-likeness (QED) is 0.280. The van der Waals surface area contributed by atoms with Crippen LogP contribution in [0.4, 0.5) is 4.79 Å². The highest BCUT2D eigenvalue weighted by atomic mass is 16.5. The number of carboxylic acids is 1. The zero-order valence-electron chi connectivity index (χ0n) is 23.8. The Labute approximate surface area is 246 Å². The third kappa shape index (κ3) is 6.82. The molecule has 8 heteroatoms. The van der Waals surface area contributed by atoms with Crippen LogP contribution in [-0.4, -0.2) is 48.4 Å². The average Bonchev–Trinajstić information content (AvgIpc) is 3.34. The number of amides is 2. The summed E-state index contributed by atoms with van der Waals surface area (Å²) < 4.78 is 11.7. The molecule has 3 N–H and O–H groups in total. The van der Waals surface area contributed by atoms with Gasteiger partial charge in [0.15, 0.2) is 0 Å². The minimum Gasteiger partial charge on any atom is -0.481 e. The average molecular weight is 571 g/mol. The highest BCUT2D eigenvalue weighted by Gasteiger charge is 2.34. The third-order valence-electron chi connectivity index (χ3n) is 8.49. The number of benzene rings is 3. The number of hydrogen-bond acceptors (Lipinski definition) is 5. The molecule has 0 aromatic heterocycles. The second kappa shape index (κ2) is 13.7. The molecule has 0 saturated heterocycles. The summed E-state index contributed by atoms with van der Waals surface area (Å²) >= 11 is 0. The van der Waals surface area contributed by atoms with Crippen molar-refractivity contribution in [1.82, 2.24) is 10.6 Å². The lowest BCUT2D eigenvalue weighted by Crippen LogP contribution is -2.54. The van der Waals surface area contributed by atoms with Crippen LogP contribution in [-0.2, 0) is 25.7 Å². The molecule has 1 saturated carbocycles. The van der Waals surface area contributed by atoms with E-state index < -0.39 is 36.0 Å². The fourth-order valence-corrected chi connectivity index (χ4v) is 6.18. The van der Waals surface area contributed by atoms with Crippen LogP contribution in [0.25, 0.3) is 11.1 Å². The Morgan fingerprint density at radius 1 is 0.881 bits per heavy atom. The predicted molar refractivity (Wildman–Crippen MR) is 159 cm³/mol. The maximum Gasteiger partial charge on any atom is 0.407 e. The van der Waals surface area contributed by atoms with E-state index in [4.69, 9.17) is 9.47 Å². The Hall–Kier alpha value is -4.17. The molecule has 4 atom stereocenters. The number of fused-ring (bicyclic) bond motifs is 3. The van der Waals surface area contributed by atoms with Gasteiger partial charge in [0.1, 0.15) is 12.6 Å². The predicted octanol–water partition coefficient (Wildman–Crippen LogP) is 5.51. The first-order valence-corrected chi connectivity index (χ1v) is 14.7. The molecule has 2 aliphatic rings. The van der Waals surface area contributed by atoms with E-state index in [2.05, 4.69) is 22.8 Å². The van der Waals surface area contributed by atoms with E-state index in [0.29, 0.717) is 6.42 Å². The summed E-state index contributed by atoms with van der Waals surface area (Å²) in [5.41, 5.74) is 5.40. The van der Waals surface area contributed by atoms with E-state index in [9.17, 15) is 19.5 Å². The highest BCUT2D eigenvalue weighted by molar-refractivity contribution is 5.86. The van der Waals surface area contributed by atoms with E-state index in [0.717, 1.165) is 47.1 Å². The summed E-state index contributed by atoms with van der Waals surface area (Å²) in [6.45, 7) is 2.35. The fourth-order valence-electron chi connectivity index (χ4n) is 6.18. The van der Waals surface area contributed by atoms with E-state index in [1.807, 2.05) is 66.7 Å². The Balaban J connectivity index is 1.25. The SMILES string of the molecule is CC(OCc1ccccc1)C(NC(=O)OCC1c2ccccc2-c2ccccc21)C(=O)NCC1CCCCC1C(=O)O. The van der Waals surface area contributed by atoms with E-state index in [-0.39, 0.29) is 31.6 Å². The lowest BCUT2D eigenvalue weighted by Gasteiger charge is -2.30. The van der Waals surface area contributed by atoms with Gasteiger partial charge in [0.25, 0.3) is 0 Å². The second-order valence-electron chi connectivity index (χ2n) is 11.2. The Morgan fingerprint density at radius 3 is 2.17 bits per heavy atom. The van der Waals surface area contributed by atoms with Gasteiger partial charge in [-0.2, -0.15) is 0 Å². The number of nitrogens with one attached hydrogen (secondary N) is 2. The molecule has 3 aromatic rings. The lowest BCUT2D eigenvalue weighted by molar-refractivity contribution is -0.145. The molecule has 0 aliphatic heterocycles. The normalized spacial score (nSPS) is 19.2. The number of rotatable bonds is 11. The first-order valence-electron chi connectivity index (χ1n) is 14.7. The number of hydrogen-bond donors (Lipinski definition) is 3. The standard InChI is InChI=1S/C34H38N2O6/c1-22(41-20-23-11-3-2-4-12-23)31(32(37)35-19-24-13-5-6-14-25(24)33(38)39)36-34(40)42-21-30-28-17-9-7-15-26(28)27-16-8-10-18-29(27)30/h2-4,7-12,15-18,22,24-25,30-31H,5-6,13-14,19-21H2,1H3,(H,35,37)(H,36,40)(H,38,39). The van der Waals surface area contributed by atoms with Crippen molar-refractivity contribution in [3.8, 4) is 11.1 Å². The molecule has 220 valence electrons. The molecule has 0 spiro atoms. The number of aliphatic carboxylic acids is 1. The van der Waals surface area contributed by atoms with Gasteiger partial charge in [-0.1, -0.05) is 91.7 Å². The molecule has 3 aromatic carbocycles. The van der Waals surface area contributed by atoms with Crippen LogP contribution in [0.3, 0.4) is 0 Å². The Bertz CT molecular complexity index is 1350. The molecule has 4 unspecified atom stereocenters. The van der Waals surface area contributed by atoms with Gasteiger partial charge in [-0.3, -0.25) is 9.59 Å². The largest absolute Gasteiger partial charge is 0.481 e. The maximum atomic E-state index is 13.4. The van der Waals surface area contributed by atoms with Crippen LogP contribution in [0.15, 0.2) is 78.9 Å². The molecule has 0 heterocycles. The minimum absolute atomic E-state index is 0.110. The first-order chi connectivity index (χ1) is 20.4. The Morgan fingerprint density at radius 2 is 1.50 bits per heavy atom. The van der Waals surface area contributed by atoms with Crippen molar-refractivity contribution >= 4 is 18.0 Å². The van der Waals surface area contributed by atoms with Gasteiger partial charge >= 0.3 is 12.1 Å². The van der Waals surface area contributed by atoms with Crippen molar-refractivity contribution in [1.29, 1.82) is 0 Å². The van der Waals surface area contributed by atoms with Crippen LogP contribution in [0.1, 0.15) is 55.2 Å². The summed E-state index contributed by atoms with van der Waals surface area (Å²) in [5.74, 6) is -2.02. The smallest absolute Gasteiger partial charge is 0.407 e. The molecule has 8 nitrogen and oxygen atoms in total. The van der Waals surface area contributed by atoms with Crippen molar-refractivity contribution in [3.63, 3.8) is 0 Å². The van der Waals surface area contributed by atoms with E-state index >= 15 is 0 Å². The number of carbonyl (C=O) groups is 3. The number of alkyl carbamates (subject to hydrolysis) is 1. The number of ether oxygens (including phenoxy) is 2. The van der Waals surface area contributed by atoms with Gasteiger partial charge in [0, 0.05) is 12.5 Å². The minimum atomic E-state index is -1.03. The Kier molecular flexibility index (Phi) is 9.54. The van der Waals surface area contributed by atoms with Gasteiger partial charge < -0.3 is 25.2 Å². The van der Waals surface area contributed by atoms with Gasteiger partial charge in [0.2, 0.25) is 5.91 Å². The lowest BCUT2D eigenvalue weighted by atomic mass is 9.79. The molecule has 0 bridgehead atoms. The van der Waals surface area contributed by atoms with E-state index in [1.165, 1.54) is 0 Å². The summed E-state index contributed by atoms with van der Waals surface area (Å²) in [7, 11) is 0. The fraction of sp³-hybridized carbons (Fsp3) is 0.382. The number of carbonyl (C=O) groups excluding carboxylic acids is 2. The molecule has 1 fully saturated rings. The molecule has 42 heavy (non-hydrogen) atoms. The number of carboxylic acid groups (broad SMARTS) is 1. The third-order valence-corrected chi connectivity index (χ3v) is 8.49. The second-order valence-corrected chi connectivity index (χ2v) is 11.2.